The maximum absolute atomic E-state index is 3.83. The van der Waals surface area contributed by atoms with Gasteiger partial charge in [0.1, 0.15) is 0 Å². The summed E-state index contributed by atoms with van der Waals surface area (Å²) in [6.45, 7) is 6.10. The minimum Gasteiger partial charge on any atom is -0.181 e. The molecule has 0 aliphatic heterocycles. The zero-order chi connectivity index (χ0) is 11.9. The average Bonchev–Trinajstić information content (AvgIpc) is 2.16. The molecule has 0 atom stereocenters. The Labute approximate surface area is 121 Å². The lowest BCUT2D eigenvalue weighted by molar-refractivity contribution is 0.577. The molecule has 0 aromatic rings. The minimum atomic E-state index is -0.701. The van der Waals surface area contributed by atoms with Gasteiger partial charge >= 0.3 is 8.67 Å². The van der Waals surface area contributed by atoms with Crippen LogP contribution in [-0.2, 0) is 0 Å². The van der Waals surface area contributed by atoms with Gasteiger partial charge in [-0.3, -0.25) is 0 Å². The molecule has 0 N–H and O–H groups in total. The Morgan fingerprint density at radius 1 is 0.800 bits per heavy atom. The minimum absolute atomic E-state index is 0.701. The maximum atomic E-state index is 3.83. The molecule has 0 aliphatic carbocycles. The Hall–Kier alpha value is 1.97. The molecular weight excluding hydrogens is 399 g/mol. The molecule has 0 nitrogen and oxygen atoms in total. The molecule has 0 aliphatic rings. The quantitative estimate of drug-likeness (QED) is 0.309. The number of unbranched alkanes of at least 4 members (excludes halogenated alkanes) is 8. The summed E-state index contributed by atoms with van der Waals surface area (Å²) in [5, 5.41) is 0. The molecule has 0 saturated heterocycles. The molecular formula is C11H23AlBr3. The van der Waals surface area contributed by atoms with Crippen molar-refractivity contribution in [1.29, 1.82) is 0 Å². The standard InChI is InChI=1S/C11H23.Al.3BrH/c1-3-5-7-9-11-10-8-6-4-2;;;;/h1,3-11H2,2H3;;3*1H/q;+3;;;/p-3. The smallest absolute Gasteiger partial charge is 0.181 e. The summed E-state index contributed by atoms with van der Waals surface area (Å²) in [5.74, 6) is 0. The van der Waals surface area contributed by atoms with Gasteiger partial charge in [-0.2, -0.15) is 42.2 Å². The summed E-state index contributed by atoms with van der Waals surface area (Å²) in [6, 6.07) is 0. The third kappa shape index (κ3) is 31.4. The van der Waals surface area contributed by atoms with Crippen molar-refractivity contribution in [3.05, 3.63) is 6.92 Å². The first-order valence-corrected chi connectivity index (χ1v) is 15.4. The van der Waals surface area contributed by atoms with E-state index in [4.69, 9.17) is 0 Å². The number of halogens is 3. The van der Waals surface area contributed by atoms with Crippen LogP contribution in [0.25, 0.3) is 0 Å². The van der Waals surface area contributed by atoms with Gasteiger partial charge in [0.15, 0.2) is 0 Å². The fourth-order valence-electron chi connectivity index (χ4n) is 1.31. The summed E-state index contributed by atoms with van der Waals surface area (Å²) >= 11 is 9.73. The molecule has 0 aromatic heterocycles. The molecule has 0 fully saturated rings. The fourth-order valence-corrected chi connectivity index (χ4v) is 1.31. The van der Waals surface area contributed by atoms with E-state index in [2.05, 4.69) is 56.0 Å². The van der Waals surface area contributed by atoms with E-state index < -0.39 is 8.67 Å². The van der Waals surface area contributed by atoms with Crippen molar-refractivity contribution in [3.8, 4) is 0 Å². The molecule has 0 amide bonds. The van der Waals surface area contributed by atoms with E-state index in [1.807, 2.05) is 0 Å². The van der Waals surface area contributed by atoms with E-state index in [0.717, 1.165) is 6.42 Å². The van der Waals surface area contributed by atoms with E-state index in [1.165, 1.54) is 51.4 Å². The van der Waals surface area contributed by atoms with E-state index in [1.54, 1.807) is 0 Å². The van der Waals surface area contributed by atoms with Crippen LogP contribution < -0.4 is 0 Å². The average molecular weight is 422 g/mol. The van der Waals surface area contributed by atoms with Gasteiger partial charge in [-0.05, 0) is 0 Å². The summed E-state index contributed by atoms with van der Waals surface area (Å²) in [5.41, 5.74) is 0. The van der Waals surface area contributed by atoms with Crippen LogP contribution in [0, 0.1) is 6.92 Å². The topological polar surface area (TPSA) is 0 Å². The molecule has 0 rings (SSSR count). The molecule has 4 heteroatoms. The first kappa shape index (κ1) is 19.3. The molecule has 0 spiro atoms. The second-order valence-corrected chi connectivity index (χ2v) is 23.4. The molecule has 0 unspecified atom stereocenters. The number of hydrogen-bond acceptors (Lipinski definition) is 0. The molecule has 0 aromatic carbocycles. The van der Waals surface area contributed by atoms with Crippen molar-refractivity contribution in [2.45, 2.75) is 64.7 Å². The first-order valence-electron chi connectivity index (χ1n) is 5.86. The second kappa shape index (κ2) is 18.3. The molecule has 15 heavy (non-hydrogen) atoms. The van der Waals surface area contributed by atoms with E-state index in [9.17, 15) is 0 Å². The van der Waals surface area contributed by atoms with Gasteiger partial charge in [-0.25, -0.2) is 0 Å². The highest BCUT2D eigenvalue weighted by Gasteiger charge is 1.95. The Balaban J connectivity index is 0. The van der Waals surface area contributed by atoms with Crippen LogP contribution in [0.1, 0.15) is 64.7 Å². The lowest BCUT2D eigenvalue weighted by atomic mass is 10.1. The predicted molar refractivity (Wildman–Crippen MR) is 85.1 cm³/mol. The molecule has 91 valence electrons. The Morgan fingerprint density at radius 3 is 1.47 bits per heavy atom. The van der Waals surface area contributed by atoms with Crippen LogP contribution in [0.15, 0.2) is 0 Å². The van der Waals surface area contributed by atoms with Gasteiger partial charge in [0, 0.05) is 0 Å². The van der Waals surface area contributed by atoms with Crippen LogP contribution >= 0.6 is 42.2 Å². The number of rotatable bonds is 8. The van der Waals surface area contributed by atoms with Crippen molar-refractivity contribution < 1.29 is 0 Å². The number of hydrogen-bond donors (Lipinski definition) is 0. The molecule has 1 radical (unpaired) electrons. The van der Waals surface area contributed by atoms with Crippen LogP contribution in [0.4, 0.5) is 0 Å². The van der Waals surface area contributed by atoms with Gasteiger partial charge in [-0.1, -0.05) is 71.6 Å². The van der Waals surface area contributed by atoms with Gasteiger partial charge in [0.2, 0.25) is 0 Å². The highest BCUT2D eigenvalue weighted by atomic mass is 80.0. The largest absolute Gasteiger partial charge is 0.542 e. The Bertz CT molecular complexity index is 89.1. The van der Waals surface area contributed by atoms with Crippen LogP contribution in [0.2, 0.25) is 0 Å². The maximum Gasteiger partial charge on any atom is 0.542 e. The highest BCUT2D eigenvalue weighted by molar-refractivity contribution is 9.69. The summed E-state index contributed by atoms with van der Waals surface area (Å²) in [6.07, 6.45) is 12.4. The van der Waals surface area contributed by atoms with Gasteiger partial charge in [-0.15, -0.1) is 0 Å². The summed E-state index contributed by atoms with van der Waals surface area (Å²) in [4.78, 5) is 0. The predicted octanol–water partition coefficient (Wildman–Crippen LogP) is 6.51. The van der Waals surface area contributed by atoms with E-state index in [0.29, 0.717) is 0 Å². The van der Waals surface area contributed by atoms with Crippen molar-refractivity contribution in [2.75, 3.05) is 0 Å². The summed E-state index contributed by atoms with van der Waals surface area (Å²) < 4.78 is 0. The zero-order valence-corrected chi connectivity index (χ0v) is 15.7. The van der Waals surface area contributed by atoms with Crippen LogP contribution in [-0.4, -0.2) is 8.67 Å². The van der Waals surface area contributed by atoms with Crippen molar-refractivity contribution >= 4 is 50.8 Å². The van der Waals surface area contributed by atoms with Crippen LogP contribution in [0.5, 0.6) is 0 Å². The molecule has 0 heterocycles. The second-order valence-electron chi connectivity index (χ2n) is 3.58. The molecule has 0 saturated carbocycles. The monoisotopic (exact) mass is 419 g/mol. The van der Waals surface area contributed by atoms with Crippen molar-refractivity contribution in [1.82, 2.24) is 0 Å². The first-order chi connectivity index (χ1) is 7.15. The Kier molecular flexibility index (Phi) is 23.6. The van der Waals surface area contributed by atoms with E-state index in [-0.39, 0.29) is 0 Å². The van der Waals surface area contributed by atoms with Crippen molar-refractivity contribution in [3.63, 3.8) is 0 Å². The third-order valence-corrected chi connectivity index (χ3v) is 2.10. The van der Waals surface area contributed by atoms with E-state index >= 15 is 0 Å². The summed E-state index contributed by atoms with van der Waals surface area (Å²) in [7, 11) is -0.701. The SMILES string of the molecule is [Br][Al]([Br])[Br].[CH2]CCCCCCCCCC. The third-order valence-electron chi connectivity index (χ3n) is 2.10. The van der Waals surface area contributed by atoms with Crippen molar-refractivity contribution in [2.24, 2.45) is 0 Å². The zero-order valence-electron chi connectivity index (χ0n) is 9.78. The molecule has 0 bridgehead atoms. The normalized spacial score (nSPS) is 9.40. The van der Waals surface area contributed by atoms with Gasteiger partial charge in [0.25, 0.3) is 0 Å². The van der Waals surface area contributed by atoms with Gasteiger partial charge in [0.05, 0.1) is 0 Å². The van der Waals surface area contributed by atoms with Crippen LogP contribution in [0.3, 0.4) is 0 Å². The lowest BCUT2D eigenvalue weighted by Gasteiger charge is -1.98. The lowest BCUT2D eigenvalue weighted by Crippen LogP contribution is -1.79. The fraction of sp³-hybridized carbons (Fsp3) is 0.909. The highest BCUT2D eigenvalue weighted by Crippen LogP contribution is 2.08. The van der Waals surface area contributed by atoms with Gasteiger partial charge < -0.3 is 0 Å². The Morgan fingerprint density at radius 2 is 1.13 bits per heavy atom.